The maximum Gasteiger partial charge on any atom is 0.292 e. The molecule has 2 saturated heterocycles. The Bertz CT molecular complexity index is 603. The molecule has 2 heterocycles. The van der Waals surface area contributed by atoms with E-state index < -0.39 is 4.92 Å². The molecule has 1 atom stereocenters. The van der Waals surface area contributed by atoms with Crippen molar-refractivity contribution in [2.75, 3.05) is 31.6 Å². The molecular weight excluding hydrogens is 314 g/mol. The van der Waals surface area contributed by atoms with Crippen LogP contribution in [0.5, 0.6) is 0 Å². The van der Waals surface area contributed by atoms with Crippen LogP contribution in [0, 0.1) is 10.1 Å². The van der Waals surface area contributed by atoms with E-state index in [1.807, 2.05) is 4.90 Å². The van der Waals surface area contributed by atoms with Gasteiger partial charge in [-0.3, -0.25) is 19.8 Å². The van der Waals surface area contributed by atoms with Crippen LogP contribution in [0.2, 0.25) is 0 Å². The van der Waals surface area contributed by atoms with Crippen molar-refractivity contribution in [2.24, 2.45) is 0 Å². The van der Waals surface area contributed by atoms with Crippen molar-refractivity contribution in [1.82, 2.24) is 4.90 Å². The van der Waals surface area contributed by atoms with Gasteiger partial charge in [0.25, 0.3) is 5.69 Å². The minimum atomic E-state index is -0.500. The highest BCUT2D eigenvalue weighted by Gasteiger charge is 2.34. The van der Waals surface area contributed by atoms with E-state index >= 15 is 0 Å². The first kappa shape index (κ1) is 16.8. The molecule has 8 nitrogen and oxygen atoms in total. The van der Waals surface area contributed by atoms with E-state index in [2.05, 4.69) is 5.32 Å². The second kappa shape index (κ2) is 7.69. The largest absolute Gasteiger partial charge is 0.349 e. The van der Waals surface area contributed by atoms with Gasteiger partial charge in [-0.1, -0.05) is 18.6 Å². The first-order chi connectivity index (χ1) is 11.6. The van der Waals surface area contributed by atoms with Crippen molar-refractivity contribution in [3.63, 3.8) is 0 Å². The summed E-state index contributed by atoms with van der Waals surface area (Å²) in [5.41, 5.74) is 0.109. The number of nitrogens with zero attached hydrogens (tertiary/aromatic N) is 2. The summed E-state index contributed by atoms with van der Waals surface area (Å²) in [6.45, 7) is 2.12. The summed E-state index contributed by atoms with van der Waals surface area (Å²) in [6.07, 6.45) is 2.73. The number of carbonyl (C=O) groups is 1. The number of para-hydroxylation sites is 2. The summed E-state index contributed by atoms with van der Waals surface area (Å²) in [5.74, 6) is -0.269. The van der Waals surface area contributed by atoms with Crippen LogP contribution in [-0.2, 0) is 14.3 Å². The number of carbonyl (C=O) groups excluding carboxylic acids is 1. The molecule has 0 aliphatic carbocycles. The van der Waals surface area contributed by atoms with E-state index in [0.717, 1.165) is 25.8 Å². The Morgan fingerprint density at radius 3 is 2.79 bits per heavy atom. The van der Waals surface area contributed by atoms with Gasteiger partial charge in [0.05, 0.1) is 30.7 Å². The Hall–Kier alpha value is -2.03. The third-order valence-electron chi connectivity index (χ3n) is 4.35. The smallest absolute Gasteiger partial charge is 0.292 e. The lowest BCUT2D eigenvalue weighted by molar-refractivity contribution is -0.383. The Morgan fingerprint density at radius 2 is 2.04 bits per heavy atom. The number of benzene rings is 1. The second-order valence-electron chi connectivity index (χ2n) is 5.97. The summed E-state index contributed by atoms with van der Waals surface area (Å²) in [5, 5.41) is 13.7. The van der Waals surface area contributed by atoms with E-state index in [4.69, 9.17) is 9.47 Å². The molecule has 0 radical (unpaired) electrons. The summed E-state index contributed by atoms with van der Waals surface area (Å²) in [6, 6.07) is 6.19. The summed E-state index contributed by atoms with van der Waals surface area (Å²) < 4.78 is 11.2. The van der Waals surface area contributed by atoms with Gasteiger partial charge < -0.3 is 14.8 Å². The molecule has 3 rings (SSSR count). The minimum Gasteiger partial charge on any atom is -0.349 e. The molecule has 1 amide bonds. The van der Waals surface area contributed by atoms with Gasteiger partial charge in [-0.25, -0.2) is 0 Å². The van der Waals surface area contributed by atoms with Crippen LogP contribution in [0.1, 0.15) is 19.3 Å². The van der Waals surface area contributed by atoms with E-state index in [-0.39, 0.29) is 36.2 Å². The molecule has 24 heavy (non-hydrogen) atoms. The zero-order valence-electron chi connectivity index (χ0n) is 13.3. The van der Waals surface area contributed by atoms with E-state index in [0.29, 0.717) is 13.2 Å². The molecule has 2 aliphatic heterocycles. The molecule has 0 aromatic heterocycles. The number of hydrogen-bond donors (Lipinski definition) is 1. The Balaban J connectivity index is 1.64. The van der Waals surface area contributed by atoms with Crippen LogP contribution in [0.3, 0.4) is 0 Å². The Morgan fingerprint density at radius 1 is 1.29 bits per heavy atom. The van der Waals surface area contributed by atoms with E-state index in [1.165, 1.54) is 12.1 Å². The SMILES string of the molecule is O=C(CN1CCCCC1C1OCCO1)Nc1ccccc1[N+](=O)[O-]. The molecule has 1 aromatic carbocycles. The van der Waals surface area contributed by atoms with Crippen LogP contribution in [0.4, 0.5) is 11.4 Å². The molecule has 8 heteroatoms. The average molecular weight is 335 g/mol. The predicted molar refractivity (Wildman–Crippen MR) is 86.6 cm³/mol. The van der Waals surface area contributed by atoms with E-state index in [1.54, 1.807) is 12.1 Å². The quantitative estimate of drug-likeness (QED) is 0.651. The third kappa shape index (κ3) is 3.89. The second-order valence-corrected chi connectivity index (χ2v) is 5.97. The highest BCUT2D eigenvalue weighted by Crippen LogP contribution is 2.25. The number of amides is 1. The predicted octanol–water partition coefficient (Wildman–Crippen LogP) is 1.76. The molecule has 0 spiro atoms. The number of nitro benzene ring substituents is 1. The zero-order chi connectivity index (χ0) is 16.9. The highest BCUT2D eigenvalue weighted by molar-refractivity contribution is 5.94. The fourth-order valence-corrected chi connectivity index (χ4v) is 3.23. The lowest BCUT2D eigenvalue weighted by Crippen LogP contribution is -2.50. The molecular formula is C16H21N3O5. The van der Waals surface area contributed by atoms with Gasteiger partial charge in [-0.05, 0) is 25.5 Å². The van der Waals surface area contributed by atoms with Crippen molar-refractivity contribution < 1.29 is 19.2 Å². The molecule has 2 aliphatic rings. The number of nitrogens with one attached hydrogen (secondary N) is 1. The van der Waals surface area contributed by atoms with Crippen molar-refractivity contribution in [3.8, 4) is 0 Å². The number of nitro groups is 1. The van der Waals surface area contributed by atoms with Gasteiger partial charge in [0, 0.05) is 6.07 Å². The van der Waals surface area contributed by atoms with Crippen LogP contribution in [0.15, 0.2) is 24.3 Å². The number of hydrogen-bond acceptors (Lipinski definition) is 6. The fourth-order valence-electron chi connectivity index (χ4n) is 3.23. The molecule has 1 unspecified atom stereocenters. The number of anilines is 1. The summed E-state index contributed by atoms with van der Waals surface area (Å²) in [7, 11) is 0. The lowest BCUT2D eigenvalue weighted by atomic mass is 10.0. The Kier molecular flexibility index (Phi) is 5.39. The fraction of sp³-hybridized carbons (Fsp3) is 0.562. The van der Waals surface area contributed by atoms with Gasteiger partial charge in [-0.2, -0.15) is 0 Å². The van der Waals surface area contributed by atoms with Gasteiger partial charge in [0.1, 0.15) is 5.69 Å². The normalized spacial score (nSPS) is 22.4. The van der Waals surface area contributed by atoms with Crippen LogP contribution >= 0.6 is 0 Å². The van der Waals surface area contributed by atoms with Crippen molar-refractivity contribution in [3.05, 3.63) is 34.4 Å². The van der Waals surface area contributed by atoms with Gasteiger partial charge in [0.2, 0.25) is 5.91 Å². The molecule has 1 N–H and O–H groups in total. The van der Waals surface area contributed by atoms with Gasteiger partial charge in [-0.15, -0.1) is 0 Å². The van der Waals surface area contributed by atoms with Gasteiger partial charge in [0.15, 0.2) is 6.29 Å². The van der Waals surface area contributed by atoms with Crippen LogP contribution in [0.25, 0.3) is 0 Å². The maximum absolute atomic E-state index is 12.4. The van der Waals surface area contributed by atoms with Crippen molar-refractivity contribution >= 4 is 17.3 Å². The molecule has 0 saturated carbocycles. The summed E-state index contributed by atoms with van der Waals surface area (Å²) in [4.78, 5) is 24.9. The molecule has 2 fully saturated rings. The van der Waals surface area contributed by atoms with Crippen molar-refractivity contribution in [1.29, 1.82) is 0 Å². The molecule has 130 valence electrons. The Labute approximate surface area is 139 Å². The lowest BCUT2D eigenvalue weighted by Gasteiger charge is -2.37. The highest BCUT2D eigenvalue weighted by atomic mass is 16.7. The number of likely N-dealkylation sites (tertiary alicyclic amines) is 1. The van der Waals surface area contributed by atoms with Gasteiger partial charge >= 0.3 is 0 Å². The number of rotatable bonds is 5. The first-order valence-electron chi connectivity index (χ1n) is 8.15. The maximum atomic E-state index is 12.4. The van der Waals surface area contributed by atoms with E-state index in [9.17, 15) is 14.9 Å². The topological polar surface area (TPSA) is 93.9 Å². The van der Waals surface area contributed by atoms with Crippen LogP contribution < -0.4 is 5.32 Å². The van der Waals surface area contributed by atoms with Crippen molar-refractivity contribution in [2.45, 2.75) is 31.6 Å². The summed E-state index contributed by atoms with van der Waals surface area (Å²) >= 11 is 0. The van der Waals surface area contributed by atoms with Crippen LogP contribution in [-0.4, -0.2) is 54.4 Å². The monoisotopic (exact) mass is 335 g/mol. The third-order valence-corrected chi connectivity index (χ3v) is 4.35. The minimum absolute atomic E-state index is 0.0535. The first-order valence-corrected chi connectivity index (χ1v) is 8.15. The number of piperidine rings is 1. The zero-order valence-corrected chi connectivity index (χ0v) is 13.3. The number of ether oxygens (including phenoxy) is 2. The standard InChI is InChI=1S/C16H21N3O5/c20-15(17-12-5-1-2-6-13(12)19(21)22)11-18-8-4-3-7-14(18)16-23-9-10-24-16/h1-2,5-6,14,16H,3-4,7-11H2,(H,17,20). The average Bonchev–Trinajstić information content (AvgIpc) is 3.10. The molecule has 0 bridgehead atoms. The molecule has 1 aromatic rings.